The molecule has 1 fully saturated rings. The summed E-state index contributed by atoms with van der Waals surface area (Å²) < 4.78 is 0. The maximum absolute atomic E-state index is 11.4. The molecule has 1 aromatic carbocycles. The van der Waals surface area contributed by atoms with E-state index in [9.17, 15) is 4.79 Å². The zero-order valence-corrected chi connectivity index (χ0v) is 9.60. The van der Waals surface area contributed by atoms with E-state index in [1.165, 1.54) is 5.56 Å². The first-order valence-electron chi connectivity index (χ1n) is 5.50. The third kappa shape index (κ3) is 1.39. The molecule has 1 amide bonds. The Hall–Kier alpha value is -1.22. The van der Waals surface area contributed by atoms with Crippen LogP contribution in [0, 0.1) is 0 Å². The van der Waals surface area contributed by atoms with Gasteiger partial charge < -0.3 is 10.6 Å². The number of fused-ring (bicyclic) bond motifs is 2. The van der Waals surface area contributed by atoms with Crippen LogP contribution in [-0.4, -0.2) is 19.0 Å². The predicted molar refractivity (Wildman–Crippen MR) is 63.9 cm³/mol. The molecule has 0 bridgehead atoms. The van der Waals surface area contributed by atoms with Gasteiger partial charge in [-0.15, -0.1) is 0 Å². The SMILES string of the molecule is O=C1CC2(CCNc3cc(Cl)ccc32)CN1. The second-order valence-electron chi connectivity index (χ2n) is 4.60. The minimum atomic E-state index is -0.0117. The maximum Gasteiger partial charge on any atom is 0.220 e. The first kappa shape index (κ1) is 9.97. The van der Waals surface area contributed by atoms with Crippen molar-refractivity contribution in [1.29, 1.82) is 0 Å². The molecule has 3 nitrogen and oxygen atoms in total. The van der Waals surface area contributed by atoms with Crippen molar-refractivity contribution in [3.63, 3.8) is 0 Å². The Labute approximate surface area is 99.2 Å². The van der Waals surface area contributed by atoms with Crippen LogP contribution in [0.2, 0.25) is 5.02 Å². The van der Waals surface area contributed by atoms with Crippen LogP contribution in [0.1, 0.15) is 18.4 Å². The van der Waals surface area contributed by atoms with Crippen LogP contribution in [0.25, 0.3) is 0 Å². The highest BCUT2D eigenvalue weighted by atomic mass is 35.5. The average Bonchev–Trinajstić information content (AvgIpc) is 2.61. The van der Waals surface area contributed by atoms with Crippen LogP contribution in [0.15, 0.2) is 18.2 Å². The molecule has 1 spiro atoms. The number of halogens is 1. The Kier molecular flexibility index (Phi) is 2.11. The first-order chi connectivity index (χ1) is 7.70. The molecule has 2 aliphatic rings. The second-order valence-corrected chi connectivity index (χ2v) is 5.04. The van der Waals surface area contributed by atoms with Crippen LogP contribution >= 0.6 is 11.6 Å². The topological polar surface area (TPSA) is 41.1 Å². The van der Waals surface area contributed by atoms with Crippen molar-refractivity contribution in [3.05, 3.63) is 28.8 Å². The lowest BCUT2D eigenvalue weighted by Gasteiger charge is -2.35. The van der Waals surface area contributed by atoms with E-state index in [1.54, 1.807) is 0 Å². The van der Waals surface area contributed by atoms with E-state index in [4.69, 9.17) is 11.6 Å². The number of carbonyl (C=O) groups is 1. The molecule has 0 radical (unpaired) electrons. The van der Waals surface area contributed by atoms with Gasteiger partial charge in [-0.3, -0.25) is 4.79 Å². The summed E-state index contributed by atoms with van der Waals surface area (Å²) in [5.74, 6) is 0.155. The lowest BCUT2D eigenvalue weighted by molar-refractivity contribution is -0.119. The van der Waals surface area contributed by atoms with E-state index in [-0.39, 0.29) is 11.3 Å². The van der Waals surface area contributed by atoms with Gasteiger partial charge in [-0.1, -0.05) is 17.7 Å². The van der Waals surface area contributed by atoms with Crippen molar-refractivity contribution in [2.75, 3.05) is 18.4 Å². The average molecular weight is 237 g/mol. The van der Waals surface area contributed by atoms with E-state index in [2.05, 4.69) is 10.6 Å². The normalized spacial score (nSPS) is 27.4. The highest BCUT2D eigenvalue weighted by Crippen LogP contribution is 2.42. The summed E-state index contributed by atoms with van der Waals surface area (Å²) in [6.07, 6.45) is 1.60. The monoisotopic (exact) mass is 236 g/mol. The number of hydrogen-bond donors (Lipinski definition) is 2. The molecule has 1 atom stereocenters. The molecular formula is C12H13ClN2O. The molecule has 1 saturated heterocycles. The summed E-state index contributed by atoms with van der Waals surface area (Å²) in [7, 11) is 0. The van der Waals surface area contributed by atoms with Crippen molar-refractivity contribution < 1.29 is 4.79 Å². The number of carbonyl (C=O) groups excluding carboxylic acids is 1. The van der Waals surface area contributed by atoms with Crippen LogP contribution < -0.4 is 10.6 Å². The van der Waals surface area contributed by atoms with Gasteiger partial charge in [0.2, 0.25) is 5.91 Å². The number of anilines is 1. The van der Waals surface area contributed by atoms with Gasteiger partial charge in [0.15, 0.2) is 0 Å². The van der Waals surface area contributed by atoms with Gasteiger partial charge in [-0.05, 0) is 24.1 Å². The Morgan fingerprint density at radius 3 is 2.94 bits per heavy atom. The quantitative estimate of drug-likeness (QED) is 0.723. The van der Waals surface area contributed by atoms with Gasteiger partial charge in [0.1, 0.15) is 0 Å². The minimum Gasteiger partial charge on any atom is -0.385 e. The Morgan fingerprint density at radius 2 is 2.19 bits per heavy atom. The second kappa shape index (κ2) is 3.39. The van der Waals surface area contributed by atoms with Crippen molar-refractivity contribution >= 4 is 23.2 Å². The molecule has 0 aromatic heterocycles. The van der Waals surface area contributed by atoms with Gasteiger partial charge in [-0.25, -0.2) is 0 Å². The fraction of sp³-hybridized carbons (Fsp3) is 0.417. The standard InChI is InChI=1S/C12H13ClN2O/c13-8-1-2-9-10(5-8)14-4-3-12(9)6-11(16)15-7-12/h1-2,5,14H,3-4,6-7H2,(H,15,16). The molecular weight excluding hydrogens is 224 g/mol. The Morgan fingerprint density at radius 1 is 1.31 bits per heavy atom. The van der Waals surface area contributed by atoms with Crippen LogP contribution in [0.4, 0.5) is 5.69 Å². The molecule has 3 rings (SSSR count). The Bertz CT molecular complexity index is 460. The third-order valence-corrected chi connectivity index (χ3v) is 3.83. The number of hydrogen-bond acceptors (Lipinski definition) is 2. The van der Waals surface area contributed by atoms with Gasteiger partial charge >= 0.3 is 0 Å². The largest absolute Gasteiger partial charge is 0.385 e. The van der Waals surface area contributed by atoms with E-state index in [0.717, 1.165) is 30.2 Å². The number of rotatable bonds is 0. The highest BCUT2D eigenvalue weighted by molar-refractivity contribution is 6.30. The fourth-order valence-corrected chi connectivity index (χ4v) is 2.94. The van der Waals surface area contributed by atoms with Crippen LogP contribution in [0.3, 0.4) is 0 Å². The van der Waals surface area contributed by atoms with E-state index >= 15 is 0 Å². The van der Waals surface area contributed by atoms with Crippen LogP contribution in [0.5, 0.6) is 0 Å². The zero-order chi connectivity index (χ0) is 11.2. The Balaban J connectivity index is 2.09. The van der Waals surface area contributed by atoms with Crippen LogP contribution in [-0.2, 0) is 10.2 Å². The smallest absolute Gasteiger partial charge is 0.220 e. The summed E-state index contributed by atoms with van der Waals surface area (Å²) in [5.41, 5.74) is 2.29. The molecule has 84 valence electrons. The molecule has 2 heterocycles. The first-order valence-corrected chi connectivity index (χ1v) is 5.88. The summed E-state index contributed by atoms with van der Waals surface area (Å²) in [4.78, 5) is 11.4. The summed E-state index contributed by atoms with van der Waals surface area (Å²) >= 11 is 5.98. The molecule has 2 aliphatic heterocycles. The zero-order valence-electron chi connectivity index (χ0n) is 8.85. The number of benzene rings is 1. The number of nitrogens with one attached hydrogen (secondary N) is 2. The van der Waals surface area contributed by atoms with Gasteiger partial charge in [0.25, 0.3) is 0 Å². The van der Waals surface area contributed by atoms with Gasteiger partial charge in [0.05, 0.1) is 0 Å². The lowest BCUT2D eigenvalue weighted by atomic mass is 9.74. The molecule has 0 aliphatic carbocycles. The third-order valence-electron chi connectivity index (χ3n) is 3.59. The maximum atomic E-state index is 11.4. The molecule has 16 heavy (non-hydrogen) atoms. The fourth-order valence-electron chi connectivity index (χ4n) is 2.76. The van der Waals surface area contributed by atoms with E-state index in [1.807, 2.05) is 18.2 Å². The van der Waals surface area contributed by atoms with Crippen molar-refractivity contribution in [2.24, 2.45) is 0 Å². The van der Waals surface area contributed by atoms with Gasteiger partial charge in [0, 0.05) is 35.6 Å². The summed E-state index contributed by atoms with van der Waals surface area (Å²) in [5, 5.41) is 7.02. The van der Waals surface area contributed by atoms with Crippen molar-refractivity contribution in [1.82, 2.24) is 5.32 Å². The minimum absolute atomic E-state index is 0.0117. The highest BCUT2D eigenvalue weighted by Gasteiger charge is 2.42. The summed E-state index contributed by atoms with van der Waals surface area (Å²) in [6.45, 7) is 1.66. The summed E-state index contributed by atoms with van der Waals surface area (Å²) in [6, 6.07) is 5.89. The van der Waals surface area contributed by atoms with Crippen molar-refractivity contribution in [3.8, 4) is 0 Å². The van der Waals surface area contributed by atoms with Gasteiger partial charge in [-0.2, -0.15) is 0 Å². The van der Waals surface area contributed by atoms with Crippen molar-refractivity contribution in [2.45, 2.75) is 18.3 Å². The lowest BCUT2D eigenvalue weighted by Crippen LogP contribution is -2.35. The van der Waals surface area contributed by atoms with E-state index < -0.39 is 0 Å². The van der Waals surface area contributed by atoms with E-state index in [0.29, 0.717) is 6.42 Å². The molecule has 1 aromatic rings. The predicted octanol–water partition coefficient (Wildman–Crippen LogP) is 1.91. The molecule has 1 unspecified atom stereocenters. The number of amides is 1. The molecule has 0 saturated carbocycles. The molecule has 2 N–H and O–H groups in total. The molecule has 4 heteroatoms.